The normalized spacial score (nSPS) is 16.5. The second-order valence-corrected chi connectivity index (χ2v) is 4.61. The minimum Gasteiger partial charge on any atom is -0.294 e. The van der Waals surface area contributed by atoms with Gasteiger partial charge >= 0.3 is 0 Å². The Kier molecular flexibility index (Phi) is 2.59. The van der Waals surface area contributed by atoms with Gasteiger partial charge in [-0.05, 0) is 31.0 Å². The van der Waals surface area contributed by atoms with Crippen LogP contribution in [0.1, 0.15) is 36.0 Å². The fourth-order valence-corrected chi connectivity index (χ4v) is 2.54. The van der Waals surface area contributed by atoms with E-state index >= 15 is 0 Å². The van der Waals surface area contributed by atoms with Crippen LogP contribution >= 0.6 is 0 Å². The number of carbonyl (C=O) groups is 1. The third kappa shape index (κ3) is 1.93. The highest BCUT2D eigenvalue weighted by Gasteiger charge is 2.23. The number of fused-ring (bicyclic) bond motifs is 1. The van der Waals surface area contributed by atoms with Gasteiger partial charge in [0, 0.05) is 23.9 Å². The van der Waals surface area contributed by atoms with E-state index in [1.165, 1.54) is 12.8 Å². The van der Waals surface area contributed by atoms with Crippen molar-refractivity contribution in [3.63, 3.8) is 0 Å². The maximum absolute atomic E-state index is 12.2. The van der Waals surface area contributed by atoms with Crippen molar-refractivity contribution >= 4 is 16.8 Å². The first kappa shape index (κ1) is 10.4. The molecule has 1 aliphatic carbocycles. The quantitative estimate of drug-likeness (QED) is 0.739. The van der Waals surface area contributed by atoms with E-state index < -0.39 is 0 Å². The highest BCUT2D eigenvalue weighted by atomic mass is 16.1. The molecular weight excluding hydrogens is 212 g/mol. The Balaban J connectivity index is 1.97. The zero-order valence-electron chi connectivity index (χ0n) is 9.60. The van der Waals surface area contributed by atoms with E-state index in [0.29, 0.717) is 0 Å². The SMILES string of the molecule is O=C(c1ccc2nccnc2c1)C1CCCC1. The van der Waals surface area contributed by atoms with Crippen LogP contribution in [0.4, 0.5) is 0 Å². The molecule has 17 heavy (non-hydrogen) atoms. The molecule has 0 amide bonds. The summed E-state index contributed by atoms with van der Waals surface area (Å²) in [7, 11) is 0. The van der Waals surface area contributed by atoms with E-state index in [9.17, 15) is 4.79 Å². The molecule has 1 saturated carbocycles. The first-order chi connectivity index (χ1) is 8.34. The first-order valence-electron chi connectivity index (χ1n) is 6.09. The zero-order valence-corrected chi connectivity index (χ0v) is 9.60. The zero-order chi connectivity index (χ0) is 11.7. The molecule has 0 unspecified atom stereocenters. The molecule has 1 aromatic heterocycles. The Bertz CT molecular complexity index is 559. The van der Waals surface area contributed by atoms with Crippen LogP contribution in [0.15, 0.2) is 30.6 Å². The molecular formula is C14H14N2O. The van der Waals surface area contributed by atoms with Crippen LogP contribution in [0.25, 0.3) is 11.0 Å². The summed E-state index contributed by atoms with van der Waals surface area (Å²) in [4.78, 5) is 20.7. The summed E-state index contributed by atoms with van der Waals surface area (Å²) in [5, 5.41) is 0. The monoisotopic (exact) mass is 226 g/mol. The van der Waals surface area contributed by atoms with Crippen LogP contribution in [-0.2, 0) is 0 Å². The Morgan fingerprint density at radius 1 is 1.06 bits per heavy atom. The number of nitrogens with zero attached hydrogens (tertiary/aromatic N) is 2. The minimum absolute atomic E-state index is 0.226. The summed E-state index contributed by atoms with van der Waals surface area (Å²) in [6, 6.07) is 5.62. The number of aromatic nitrogens is 2. The van der Waals surface area contributed by atoms with Gasteiger partial charge in [0.25, 0.3) is 0 Å². The lowest BCUT2D eigenvalue weighted by Gasteiger charge is -2.08. The largest absolute Gasteiger partial charge is 0.294 e. The molecule has 0 bridgehead atoms. The fourth-order valence-electron chi connectivity index (χ4n) is 2.54. The second kappa shape index (κ2) is 4.24. The van der Waals surface area contributed by atoms with Gasteiger partial charge in [0.2, 0.25) is 0 Å². The van der Waals surface area contributed by atoms with Gasteiger partial charge in [-0.2, -0.15) is 0 Å². The smallest absolute Gasteiger partial charge is 0.166 e. The Labute approximate surface area is 99.9 Å². The molecule has 86 valence electrons. The lowest BCUT2D eigenvalue weighted by Crippen LogP contribution is -2.10. The average molecular weight is 226 g/mol. The van der Waals surface area contributed by atoms with Crippen molar-refractivity contribution in [2.75, 3.05) is 0 Å². The highest BCUT2D eigenvalue weighted by molar-refractivity contribution is 6.00. The second-order valence-electron chi connectivity index (χ2n) is 4.61. The number of hydrogen-bond acceptors (Lipinski definition) is 3. The van der Waals surface area contributed by atoms with Crippen LogP contribution in [-0.4, -0.2) is 15.8 Å². The number of hydrogen-bond donors (Lipinski definition) is 0. The summed E-state index contributed by atoms with van der Waals surface area (Å²) in [6.45, 7) is 0. The van der Waals surface area contributed by atoms with E-state index in [0.717, 1.165) is 29.4 Å². The first-order valence-corrected chi connectivity index (χ1v) is 6.09. The van der Waals surface area contributed by atoms with Gasteiger partial charge in [-0.25, -0.2) is 0 Å². The molecule has 0 spiro atoms. The lowest BCUT2D eigenvalue weighted by molar-refractivity contribution is 0.0923. The molecule has 3 heteroatoms. The molecule has 1 aliphatic rings. The van der Waals surface area contributed by atoms with E-state index in [-0.39, 0.29) is 11.7 Å². The Hall–Kier alpha value is -1.77. The molecule has 1 heterocycles. The lowest BCUT2D eigenvalue weighted by atomic mass is 9.96. The third-order valence-corrected chi connectivity index (χ3v) is 3.48. The molecule has 1 fully saturated rings. The van der Waals surface area contributed by atoms with Gasteiger partial charge in [-0.15, -0.1) is 0 Å². The number of benzene rings is 1. The van der Waals surface area contributed by atoms with Gasteiger partial charge in [0.15, 0.2) is 5.78 Å². The molecule has 0 radical (unpaired) electrons. The predicted molar refractivity (Wildman–Crippen MR) is 65.8 cm³/mol. The van der Waals surface area contributed by atoms with Crippen LogP contribution in [0.3, 0.4) is 0 Å². The van der Waals surface area contributed by atoms with Gasteiger partial charge in [-0.3, -0.25) is 14.8 Å². The standard InChI is InChI=1S/C14H14N2O/c17-14(10-3-1-2-4-10)11-5-6-12-13(9-11)16-8-7-15-12/h5-10H,1-4H2. The van der Waals surface area contributed by atoms with Gasteiger partial charge in [0.1, 0.15) is 0 Å². The van der Waals surface area contributed by atoms with Crippen molar-refractivity contribution in [2.24, 2.45) is 5.92 Å². The summed E-state index contributed by atoms with van der Waals surface area (Å²) in [5.74, 6) is 0.499. The van der Waals surface area contributed by atoms with Crippen LogP contribution in [0.5, 0.6) is 0 Å². The average Bonchev–Trinajstić information content (AvgIpc) is 2.91. The van der Waals surface area contributed by atoms with Crippen LogP contribution in [0, 0.1) is 5.92 Å². The van der Waals surface area contributed by atoms with Crippen molar-refractivity contribution in [1.82, 2.24) is 9.97 Å². The van der Waals surface area contributed by atoms with Crippen LogP contribution < -0.4 is 0 Å². The van der Waals surface area contributed by atoms with Crippen molar-refractivity contribution < 1.29 is 4.79 Å². The summed E-state index contributed by atoms with van der Waals surface area (Å²) in [5.41, 5.74) is 2.43. The molecule has 0 atom stereocenters. The van der Waals surface area contributed by atoms with Crippen LogP contribution in [0.2, 0.25) is 0 Å². The van der Waals surface area contributed by atoms with Gasteiger partial charge in [0.05, 0.1) is 11.0 Å². The van der Waals surface area contributed by atoms with Gasteiger partial charge in [-0.1, -0.05) is 12.8 Å². The molecule has 2 aromatic rings. The maximum atomic E-state index is 12.2. The minimum atomic E-state index is 0.226. The summed E-state index contributed by atoms with van der Waals surface area (Å²) < 4.78 is 0. The summed E-state index contributed by atoms with van der Waals surface area (Å²) >= 11 is 0. The van der Waals surface area contributed by atoms with E-state index in [1.807, 2.05) is 18.2 Å². The van der Waals surface area contributed by atoms with E-state index in [1.54, 1.807) is 12.4 Å². The van der Waals surface area contributed by atoms with Crippen molar-refractivity contribution in [2.45, 2.75) is 25.7 Å². The topological polar surface area (TPSA) is 42.9 Å². The summed E-state index contributed by atoms with van der Waals surface area (Å²) in [6.07, 6.45) is 7.77. The number of Topliss-reactive ketones (excluding diaryl/α,β-unsaturated/α-hetero) is 1. The highest BCUT2D eigenvalue weighted by Crippen LogP contribution is 2.28. The fraction of sp³-hybridized carbons (Fsp3) is 0.357. The van der Waals surface area contributed by atoms with Crippen molar-refractivity contribution in [3.8, 4) is 0 Å². The number of carbonyl (C=O) groups excluding carboxylic acids is 1. The van der Waals surface area contributed by atoms with Crippen molar-refractivity contribution in [1.29, 1.82) is 0 Å². The van der Waals surface area contributed by atoms with E-state index in [4.69, 9.17) is 0 Å². The predicted octanol–water partition coefficient (Wildman–Crippen LogP) is 3.00. The number of ketones is 1. The Morgan fingerprint density at radius 3 is 2.53 bits per heavy atom. The maximum Gasteiger partial charge on any atom is 0.166 e. The molecule has 3 rings (SSSR count). The molecule has 3 nitrogen and oxygen atoms in total. The molecule has 0 N–H and O–H groups in total. The molecule has 1 aromatic carbocycles. The van der Waals surface area contributed by atoms with Gasteiger partial charge < -0.3 is 0 Å². The Morgan fingerprint density at radius 2 is 1.76 bits per heavy atom. The molecule has 0 aliphatic heterocycles. The molecule has 0 saturated heterocycles. The third-order valence-electron chi connectivity index (χ3n) is 3.48. The van der Waals surface area contributed by atoms with E-state index in [2.05, 4.69) is 9.97 Å². The van der Waals surface area contributed by atoms with Crippen molar-refractivity contribution in [3.05, 3.63) is 36.2 Å². The number of rotatable bonds is 2.